The van der Waals surface area contributed by atoms with Gasteiger partial charge in [-0.15, -0.1) is 0 Å². The number of carbonyl (C=O) groups excluding carboxylic acids is 2. The van der Waals surface area contributed by atoms with E-state index < -0.39 is 0 Å². The van der Waals surface area contributed by atoms with Crippen LogP contribution in [-0.2, 0) is 21.5 Å². The number of carbonyl (C=O) groups is 2. The molecule has 3 nitrogen and oxygen atoms in total. The van der Waals surface area contributed by atoms with Gasteiger partial charge in [0.15, 0.2) is 0 Å². The first-order valence-electron chi connectivity index (χ1n) is 8.26. The lowest BCUT2D eigenvalue weighted by Crippen LogP contribution is -2.33. The molecule has 0 unspecified atom stereocenters. The Kier molecular flexibility index (Phi) is 3.62. The molecular weight excluding hydrogens is 274 g/mol. The van der Waals surface area contributed by atoms with Crippen LogP contribution in [0.15, 0.2) is 24.3 Å². The van der Waals surface area contributed by atoms with Crippen LogP contribution < -0.4 is 0 Å². The second-order valence-corrected chi connectivity index (χ2v) is 7.90. The van der Waals surface area contributed by atoms with Crippen molar-refractivity contribution in [2.75, 3.05) is 0 Å². The highest BCUT2D eigenvalue weighted by molar-refractivity contribution is 6.05. The molecule has 1 heterocycles. The quantitative estimate of drug-likeness (QED) is 0.779. The van der Waals surface area contributed by atoms with Gasteiger partial charge in [0.25, 0.3) is 0 Å². The van der Waals surface area contributed by atoms with Gasteiger partial charge in [-0.25, -0.2) is 0 Å². The maximum Gasteiger partial charge on any atom is 0.236 e. The van der Waals surface area contributed by atoms with Crippen LogP contribution >= 0.6 is 0 Å². The Bertz CT molecular complexity index is 589. The van der Waals surface area contributed by atoms with Crippen LogP contribution in [0.5, 0.6) is 0 Å². The highest BCUT2D eigenvalue weighted by atomic mass is 16.2. The molecule has 3 rings (SSSR count). The van der Waals surface area contributed by atoms with Crippen molar-refractivity contribution in [2.45, 2.75) is 64.8 Å². The van der Waals surface area contributed by atoms with E-state index in [-0.39, 0.29) is 22.6 Å². The molecule has 2 amide bonds. The predicted molar refractivity (Wildman–Crippen MR) is 86.2 cm³/mol. The SMILES string of the molecule is CC(C)(C)c1ccc(CN2C(=O)CC3(CCCC3)C2=O)cc1. The van der Waals surface area contributed by atoms with Gasteiger partial charge < -0.3 is 0 Å². The summed E-state index contributed by atoms with van der Waals surface area (Å²) in [5.74, 6) is 0.0710. The summed E-state index contributed by atoms with van der Waals surface area (Å²) in [6.07, 6.45) is 4.35. The fourth-order valence-electron chi connectivity index (χ4n) is 3.76. The van der Waals surface area contributed by atoms with Crippen molar-refractivity contribution < 1.29 is 9.59 Å². The summed E-state index contributed by atoms with van der Waals surface area (Å²) < 4.78 is 0. The van der Waals surface area contributed by atoms with E-state index in [4.69, 9.17) is 0 Å². The van der Waals surface area contributed by atoms with Gasteiger partial charge in [-0.2, -0.15) is 0 Å². The van der Waals surface area contributed by atoms with Gasteiger partial charge in [0.05, 0.1) is 12.0 Å². The molecule has 118 valence electrons. The Hall–Kier alpha value is -1.64. The normalized spacial score (nSPS) is 21.1. The Morgan fingerprint density at radius 1 is 1.05 bits per heavy atom. The van der Waals surface area contributed by atoms with Crippen LogP contribution in [0.2, 0.25) is 0 Å². The van der Waals surface area contributed by atoms with E-state index >= 15 is 0 Å². The van der Waals surface area contributed by atoms with Gasteiger partial charge in [-0.3, -0.25) is 14.5 Å². The monoisotopic (exact) mass is 299 g/mol. The Morgan fingerprint density at radius 3 is 2.18 bits per heavy atom. The van der Waals surface area contributed by atoms with Crippen LogP contribution in [0.4, 0.5) is 0 Å². The van der Waals surface area contributed by atoms with Crippen molar-refractivity contribution in [3.05, 3.63) is 35.4 Å². The molecule has 0 aromatic heterocycles. The number of hydrogen-bond acceptors (Lipinski definition) is 2. The molecule has 3 heteroatoms. The van der Waals surface area contributed by atoms with E-state index in [0.29, 0.717) is 13.0 Å². The summed E-state index contributed by atoms with van der Waals surface area (Å²) >= 11 is 0. The number of benzene rings is 1. The highest BCUT2D eigenvalue weighted by Crippen LogP contribution is 2.47. The Labute approximate surface area is 132 Å². The van der Waals surface area contributed by atoms with Gasteiger partial charge in [-0.05, 0) is 29.4 Å². The molecule has 1 saturated carbocycles. The molecule has 1 aliphatic heterocycles. The number of imide groups is 1. The smallest absolute Gasteiger partial charge is 0.236 e. The predicted octanol–water partition coefficient (Wildman–Crippen LogP) is 3.80. The lowest BCUT2D eigenvalue weighted by atomic mass is 9.84. The summed E-state index contributed by atoms with van der Waals surface area (Å²) in [5.41, 5.74) is 2.06. The van der Waals surface area contributed by atoms with E-state index in [1.54, 1.807) is 0 Å². The molecule has 1 aromatic rings. The Morgan fingerprint density at radius 2 is 1.64 bits per heavy atom. The zero-order valence-corrected chi connectivity index (χ0v) is 13.8. The summed E-state index contributed by atoms with van der Waals surface area (Å²) in [6.45, 7) is 6.96. The largest absolute Gasteiger partial charge is 0.278 e. The van der Waals surface area contributed by atoms with Crippen molar-refractivity contribution in [1.82, 2.24) is 4.90 Å². The van der Waals surface area contributed by atoms with Crippen LogP contribution in [0, 0.1) is 5.41 Å². The van der Waals surface area contributed by atoms with E-state index in [2.05, 4.69) is 32.9 Å². The zero-order chi connectivity index (χ0) is 16.0. The fourth-order valence-corrected chi connectivity index (χ4v) is 3.76. The van der Waals surface area contributed by atoms with Crippen molar-refractivity contribution >= 4 is 11.8 Å². The minimum Gasteiger partial charge on any atom is -0.278 e. The standard InChI is InChI=1S/C19H25NO2/c1-18(2,3)15-8-6-14(7-9-15)13-20-16(21)12-19(17(20)22)10-4-5-11-19/h6-9H,4-5,10-13H2,1-3H3. The third-order valence-corrected chi connectivity index (χ3v) is 5.21. The minimum atomic E-state index is -0.359. The van der Waals surface area contributed by atoms with Gasteiger partial charge in [-0.1, -0.05) is 57.9 Å². The molecular formula is C19H25NO2. The molecule has 1 saturated heterocycles. The average molecular weight is 299 g/mol. The average Bonchev–Trinajstić information content (AvgIpc) is 3.00. The van der Waals surface area contributed by atoms with E-state index in [9.17, 15) is 9.59 Å². The zero-order valence-electron chi connectivity index (χ0n) is 13.8. The molecule has 1 spiro atoms. The van der Waals surface area contributed by atoms with Gasteiger partial charge in [0.1, 0.15) is 0 Å². The first kappa shape index (κ1) is 15.3. The summed E-state index contributed by atoms with van der Waals surface area (Å²) in [6, 6.07) is 8.29. The number of nitrogens with zero attached hydrogens (tertiary/aromatic N) is 1. The molecule has 0 atom stereocenters. The van der Waals surface area contributed by atoms with Crippen molar-refractivity contribution in [3.8, 4) is 0 Å². The topological polar surface area (TPSA) is 37.4 Å². The second kappa shape index (κ2) is 5.22. The van der Waals surface area contributed by atoms with Crippen LogP contribution in [0.3, 0.4) is 0 Å². The summed E-state index contributed by atoms with van der Waals surface area (Å²) in [5, 5.41) is 0. The van der Waals surface area contributed by atoms with Gasteiger partial charge in [0, 0.05) is 6.42 Å². The number of rotatable bonds is 2. The van der Waals surface area contributed by atoms with Crippen LogP contribution in [0.1, 0.15) is 64.0 Å². The van der Waals surface area contributed by atoms with E-state index in [1.165, 1.54) is 10.5 Å². The summed E-state index contributed by atoms with van der Waals surface area (Å²) in [7, 11) is 0. The van der Waals surface area contributed by atoms with Crippen LogP contribution in [0.25, 0.3) is 0 Å². The maximum atomic E-state index is 12.7. The van der Waals surface area contributed by atoms with Crippen molar-refractivity contribution in [1.29, 1.82) is 0 Å². The minimum absolute atomic E-state index is 0.00629. The van der Waals surface area contributed by atoms with Gasteiger partial charge >= 0.3 is 0 Å². The highest BCUT2D eigenvalue weighted by Gasteiger charge is 2.52. The molecule has 22 heavy (non-hydrogen) atoms. The molecule has 1 aliphatic carbocycles. The fraction of sp³-hybridized carbons (Fsp3) is 0.579. The molecule has 1 aromatic carbocycles. The second-order valence-electron chi connectivity index (χ2n) is 7.90. The van der Waals surface area contributed by atoms with E-state index in [0.717, 1.165) is 31.2 Å². The summed E-state index contributed by atoms with van der Waals surface area (Å²) in [4.78, 5) is 26.4. The number of hydrogen-bond donors (Lipinski definition) is 0. The lowest BCUT2D eigenvalue weighted by molar-refractivity contribution is -0.142. The molecule has 0 bridgehead atoms. The maximum absolute atomic E-state index is 12.7. The third-order valence-electron chi connectivity index (χ3n) is 5.21. The lowest BCUT2D eigenvalue weighted by Gasteiger charge is -2.22. The Balaban J connectivity index is 1.76. The number of likely N-dealkylation sites (tertiary alicyclic amines) is 1. The van der Waals surface area contributed by atoms with E-state index in [1.807, 2.05) is 12.1 Å². The first-order valence-corrected chi connectivity index (χ1v) is 8.26. The molecule has 2 aliphatic rings. The van der Waals surface area contributed by atoms with Gasteiger partial charge in [0.2, 0.25) is 11.8 Å². The van der Waals surface area contributed by atoms with Crippen molar-refractivity contribution in [3.63, 3.8) is 0 Å². The molecule has 2 fully saturated rings. The molecule has 0 N–H and O–H groups in total. The van der Waals surface area contributed by atoms with Crippen molar-refractivity contribution in [2.24, 2.45) is 5.41 Å². The molecule has 0 radical (unpaired) electrons. The third kappa shape index (κ3) is 2.57. The number of amides is 2. The first-order chi connectivity index (χ1) is 10.3. The van der Waals surface area contributed by atoms with Crippen LogP contribution in [-0.4, -0.2) is 16.7 Å².